The van der Waals surface area contributed by atoms with Gasteiger partial charge in [-0.2, -0.15) is 0 Å². The molecule has 0 saturated carbocycles. The van der Waals surface area contributed by atoms with Crippen molar-refractivity contribution in [3.05, 3.63) is 35.6 Å². The summed E-state index contributed by atoms with van der Waals surface area (Å²) in [7, 11) is 0. The van der Waals surface area contributed by atoms with Gasteiger partial charge in [0.05, 0.1) is 0 Å². The van der Waals surface area contributed by atoms with Gasteiger partial charge >= 0.3 is 6.09 Å². The van der Waals surface area contributed by atoms with Crippen molar-refractivity contribution in [3.63, 3.8) is 0 Å². The zero-order valence-corrected chi connectivity index (χ0v) is 9.34. The summed E-state index contributed by atoms with van der Waals surface area (Å²) >= 11 is 0. The normalized spacial score (nSPS) is 24.0. The number of carboxylic acid groups (broad SMARTS) is 1. The fourth-order valence-electron chi connectivity index (χ4n) is 2.35. The van der Waals surface area contributed by atoms with Crippen LogP contribution in [0.5, 0.6) is 0 Å². The number of likely N-dealkylation sites (tertiary alicyclic amines) is 1. The summed E-state index contributed by atoms with van der Waals surface area (Å²) in [5, 5.41) is 8.96. The van der Waals surface area contributed by atoms with Gasteiger partial charge in [-0.25, -0.2) is 9.18 Å². The van der Waals surface area contributed by atoms with E-state index >= 15 is 0 Å². The number of carbonyl (C=O) groups is 1. The summed E-state index contributed by atoms with van der Waals surface area (Å²) in [6, 6.07) is 6.20. The smallest absolute Gasteiger partial charge is 0.407 e. The molecule has 1 amide bonds. The van der Waals surface area contributed by atoms with E-state index in [-0.39, 0.29) is 17.7 Å². The second kappa shape index (κ2) is 4.71. The Bertz CT molecular complexity index is 407. The van der Waals surface area contributed by atoms with E-state index in [4.69, 9.17) is 10.8 Å². The predicted molar refractivity (Wildman–Crippen MR) is 61.3 cm³/mol. The molecule has 0 bridgehead atoms. The number of hydrogen-bond donors (Lipinski definition) is 2. The van der Waals surface area contributed by atoms with Crippen molar-refractivity contribution in [2.75, 3.05) is 19.6 Å². The van der Waals surface area contributed by atoms with Gasteiger partial charge in [0.15, 0.2) is 0 Å². The van der Waals surface area contributed by atoms with Gasteiger partial charge in [0, 0.05) is 19.0 Å². The SMILES string of the molecule is NC[C@@H]1CN(C(=O)O)C[C@H]1c1ccc(F)cc1. The average molecular weight is 238 g/mol. The van der Waals surface area contributed by atoms with Gasteiger partial charge in [-0.1, -0.05) is 12.1 Å². The zero-order chi connectivity index (χ0) is 12.4. The Hall–Kier alpha value is -1.62. The molecule has 1 heterocycles. The molecule has 1 aromatic carbocycles. The standard InChI is InChI=1S/C12H15FN2O2/c13-10-3-1-8(2-4-10)11-7-15(12(16)17)6-9(11)5-14/h1-4,9,11H,5-7,14H2,(H,16,17)/t9-,11+/m1/s1. The largest absolute Gasteiger partial charge is 0.465 e. The monoisotopic (exact) mass is 238 g/mol. The van der Waals surface area contributed by atoms with Crippen molar-refractivity contribution < 1.29 is 14.3 Å². The lowest BCUT2D eigenvalue weighted by Crippen LogP contribution is -2.27. The van der Waals surface area contributed by atoms with Crippen LogP contribution in [0.1, 0.15) is 11.5 Å². The van der Waals surface area contributed by atoms with Crippen LogP contribution in [0.25, 0.3) is 0 Å². The first-order valence-corrected chi connectivity index (χ1v) is 5.55. The lowest BCUT2D eigenvalue weighted by atomic mass is 9.89. The van der Waals surface area contributed by atoms with Crippen LogP contribution in [0, 0.1) is 11.7 Å². The molecule has 17 heavy (non-hydrogen) atoms. The zero-order valence-electron chi connectivity index (χ0n) is 9.34. The third-order valence-corrected chi connectivity index (χ3v) is 3.31. The number of nitrogens with two attached hydrogens (primary N) is 1. The maximum absolute atomic E-state index is 12.8. The van der Waals surface area contributed by atoms with Crippen LogP contribution in [0.4, 0.5) is 9.18 Å². The van der Waals surface area contributed by atoms with Crippen LogP contribution < -0.4 is 5.73 Å². The van der Waals surface area contributed by atoms with Crippen LogP contribution in [0.2, 0.25) is 0 Å². The lowest BCUT2D eigenvalue weighted by Gasteiger charge is -2.16. The van der Waals surface area contributed by atoms with Crippen molar-refractivity contribution in [1.82, 2.24) is 4.90 Å². The molecule has 2 atom stereocenters. The van der Waals surface area contributed by atoms with Crippen molar-refractivity contribution in [1.29, 1.82) is 0 Å². The van der Waals surface area contributed by atoms with E-state index in [2.05, 4.69) is 0 Å². The molecule has 4 nitrogen and oxygen atoms in total. The van der Waals surface area contributed by atoms with Crippen LogP contribution in [-0.2, 0) is 0 Å². The minimum atomic E-state index is -0.923. The van der Waals surface area contributed by atoms with Crippen molar-refractivity contribution >= 4 is 6.09 Å². The maximum Gasteiger partial charge on any atom is 0.407 e. The first-order valence-electron chi connectivity index (χ1n) is 5.55. The Balaban J connectivity index is 2.19. The first-order chi connectivity index (χ1) is 8.11. The molecule has 3 N–H and O–H groups in total. The first kappa shape index (κ1) is 11.9. The van der Waals surface area contributed by atoms with E-state index in [9.17, 15) is 9.18 Å². The molecule has 1 fully saturated rings. The van der Waals surface area contributed by atoms with E-state index in [1.54, 1.807) is 12.1 Å². The van der Waals surface area contributed by atoms with Gasteiger partial charge in [0.1, 0.15) is 5.82 Å². The summed E-state index contributed by atoms with van der Waals surface area (Å²) < 4.78 is 12.8. The minimum absolute atomic E-state index is 0.0664. The summed E-state index contributed by atoms with van der Waals surface area (Å²) in [6.45, 7) is 1.32. The van der Waals surface area contributed by atoms with Gasteiger partial charge in [-0.05, 0) is 30.2 Å². The van der Waals surface area contributed by atoms with Crippen LogP contribution in [0.3, 0.4) is 0 Å². The van der Waals surface area contributed by atoms with Crippen molar-refractivity contribution in [2.24, 2.45) is 11.7 Å². The fraction of sp³-hybridized carbons (Fsp3) is 0.417. The molecular weight excluding hydrogens is 223 g/mol. The Morgan fingerprint density at radius 2 is 2.06 bits per heavy atom. The van der Waals surface area contributed by atoms with Crippen molar-refractivity contribution in [2.45, 2.75) is 5.92 Å². The topological polar surface area (TPSA) is 66.6 Å². The molecule has 0 spiro atoms. The minimum Gasteiger partial charge on any atom is -0.465 e. The number of rotatable bonds is 2. The summed E-state index contributed by atoms with van der Waals surface area (Å²) in [5.41, 5.74) is 6.61. The molecule has 1 saturated heterocycles. The van der Waals surface area contributed by atoms with Gasteiger partial charge < -0.3 is 15.7 Å². The molecule has 0 unspecified atom stereocenters. The molecule has 0 aromatic heterocycles. The Labute approximate surface area is 98.8 Å². The molecule has 1 aliphatic rings. The average Bonchev–Trinajstić information content (AvgIpc) is 2.74. The van der Waals surface area contributed by atoms with E-state index in [1.807, 2.05) is 0 Å². The van der Waals surface area contributed by atoms with Gasteiger partial charge in [-0.15, -0.1) is 0 Å². The Kier molecular flexibility index (Phi) is 3.28. The lowest BCUT2D eigenvalue weighted by molar-refractivity contribution is 0.154. The summed E-state index contributed by atoms with van der Waals surface area (Å²) in [5.74, 6) is -0.112. The predicted octanol–water partition coefficient (Wildman–Crippen LogP) is 1.48. The van der Waals surface area contributed by atoms with E-state index in [1.165, 1.54) is 17.0 Å². The van der Waals surface area contributed by atoms with Crippen LogP contribution >= 0.6 is 0 Å². The molecule has 92 valence electrons. The summed E-state index contributed by atoms with van der Waals surface area (Å²) in [6.07, 6.45) is -0.923. The highest BCUT2D eigenvalue weighted by Gasteiger charge is 2.35. The number of amides is 1. The van der Waals surface area contributed by atoms with Crippen LogP contribution in [-0.4, -0.2) is 35.7 Å². The second-order valence-electron chi connectivity index (χ2n) is 4.34. The third-order valence-electron chi connectivity index (χ3n) is 3.31. The molecular formula is C12H15FN2O2. The third kappa shape index (κ3) is 2.39. The molecule has 2 rings (SSSR count). The summed E-state index contributed by atoms with van der Waals surface area (Å²) in [4.78, 5) is 12.3. The number of nitrogens with zero attached hydrogens (tertiary/aromatic N) is 1. The fourth-order valence-corrected chi connectivity index (χ4v) is 2.35. The second-order valence-corrected chi connectivity index (χ2v) is 4.34. The quantitative estimate of drug-likeness (QED) is 0.820. The van der Waals surface area contributed by atoms with Gasteiger partial charge in [0.25, 0.3) is 0 Å². The van der Waals surface area contributed by atoms with E-state index in [0.717, 1.165) is 5.56 Å². The Morgan fingerprint density at radius 3 is 2.59 bits per heavy atom. The highest BCUT2D eigenvalue weighted by Crippen LogP contribution is 2.32. The maximum atomic E-state index is 12.8. The Morgan fingerprint density at radius 1 is 1.41 bits per heavy atom. The highest BCUT2D eigenvalue weighted by molar-refractivity contribution is 5.65. The number of hydrogen-bond acceptors (Lipinski definition) is 2. The highest BCUT2D eigenvalue weighted by atomic mass is 19.1. The molecule has 5 heteroatoms. The number of halogens is 1. The molecule has 1 aliphatic heterocycles. The van der Waals surface area contributed by atoms with E-state index < -0.39 is 6.09 Å². The van der Waals surface area contributed by atoms with Crippen LogP contribution in [0.15, 0.2) is 24.3 Å². The molecule has 1 aromatic rings. The van der Waals surface area contributed by atoms with Crippen molar-refractivity contribution in [3.8, 4) is 0 Å². The van der Waals surface area contributed by atoms with Gasteiger partial charge in [0.2, 0.25) is 0 Å². The molecule has 0 radical (unpaired) electrons. The van der Waals surface area contributed by atoms with E-state index in [0.29, 0.717) is 19.6 Å². The molecule has 0 aliphatic carbocycles. The van der Waals surface area contributed by atoms with Gasteiger partial charge in [-0.3, -0.25) is 0 Å². The number of benzene rings is 1.